The predicted molar refractivity (Wildman–Crippen MR) is 81.1 cm³/mol. The number of rotatable bonds is 4. The number of hydrogen-bond donors (Lipinski definition) is 2. The average Bonchev–Trinajstić information content (AvgIpc) is 2.85. The first-order chi connectivity index (χ1) is 9.35. The van der Waals surface area contributed by atoms with Crippen molar-refractivity contribution in [2.45, 2.75) is 58.3 Å². The van der Waals surface area contributed by atoms with E-state index < -0.39 is 0 Å². The van der Waals surface area contributed by atoms with Gasteiger partial charge in [0.25, 0.3) is 0 Å². The van der Waals surface area contributed by atoms with E-state index >= 15 is 0 Å². The predicted octanol–water partition coefficient (Wildman–Crippen LogP) is 2.82. The lowest BCUT2D eigenvalue weighted by atomic mass is 10.1. The zero-order chi connectivity index (χ0) is 14.8. The Hall–Kier alpha value is -1.49. The van der Waals surface area contributed by atoms with E-state index in [-0.39, 0.29) is 17.7 Å². The maximum absolute atomic E-state index is 5.91. The number of nitrogen functional groups attached to an aromatic ring is 1. The van der Waals surface area contributed by atoms with Crippen LogP contribution in [0.4, 0.5) is 11.5 Å². The summed E-state index contributed by atoms with van der Waals surface area (Å²) in [7, 11) is 0. The summed E-state index contributed by atoms with van der Waals surface area (Å²) in [6.07, 6.45) is 2.47. The maximum atomic E-state index is 5.91. The zero-order valence-corrected chi connectivity index (χ0v) is 12.8. The van der Waals surface area contributed by atoms with Crippen LogP contribution in [0, 0.1) is 0 Å². The van der Waals surface area contributed by atoms with E-state index in [0.29, 0.717) is 11.6 Å². The van der Waals surface area contributed by atoms with Gasteiger partial charge in [0, 0.05) is 6.61 Å². The number of anilines is 2. The van der Waals surface area contributed by atoms with Crippen LogP contribution in [0.15, 0.2) is 12.1 Å². The van der Waals surface area contributed by atoms with Gasteiger partial charge in [-0.15, -0.1) is 0 Å². The van der Waals surface area contributed by atoms with E-state index in [1.54, 1.807) is 0 Å². The van der Waals surface area contributed by atoms with Crippen molar-refractivity contribution in [1.29, 1.82) is 0 Å². The van der Waals surface area contributed by atoms with E-state index in [0.717, 1.165) is 25.3 Å². The van der Waals surface area contributed by atoms with Gasteiger partial charge in [-0.25, -0.2) is 0 Å². The summed E-state index contributed by atoms with van der Waals surface area (Å²) in [4.78, 5) is 4.46. The topological polar surface area (TPSA) is 69.4 Å². The molecule has 1 aliphatic heterocycles. The molecule has 2 rings (SSSR count). The summed E-state index contributed by atoms with van der Waals surface area (Å²) in [5, 5.41) is 3.37. The molecule has 5 nitrogen and oxygen atoms in total. The van der Waals surface area contributed by atoms with Gasteiger partial charge in [0.1, 0.15) is 11.4 Å². The molecular formula is C15H25N3O2. The van der Waals surface area contributed by atoms with Crippen molar-refractivity contribution in [2.24, 2.45) is 0 Å². The molecule has 2 atom stereocenters. The highest BCUT2D eigenvalue weighted by atomic mass is 16.5. The summed E-state index contributed by atoms with van der Waals surface area (Å²) in [5.41, 5.74) is 6.14. The third-order valence-corrected chi connectivity index (χ3v) is 3.19. The Morgan fingerprint density at radius 3 is 2.80 bits per heavy atom. The Labute approximate surface area is 120 Å². The Kier molecular flexibility index (Phi) is 4.38. The molecule has 0 saturated carbocycles. The van der Waals surface area contributed by atoms with Gasteiger partial charge < -0.3 is 20.5 Å². The summed E-state index contributed by atoms with van der Waals surface area (Å²) >= 11 is 0. The highest BCUT2D eigenvalue weighted by Gasteiger charge is 2.23. The molecular weight excluding hydrogens is 254 g/mol. The highest BCUT2D eigenvalue weighted by Crippen LogP contribution is 2.26. The van der Waals surface area contributed by atoms with Gasteiger partial charge in [-0.1, -0.05) is 0 Å². The Bertz CT molecular complexity index is 451. The SMILES string of the molecule is CC(Nc1ccc(N)c(OC(C)(C)C)n1)C1CCCO1. The van der Waals surface area contributed by atoms with Gasteiger partial charge in [-0.2, -0.15) is 4.98 Å². The number of aromatic nitrogens is 1. The van der Waals surface area contributed by atoms with E-state index in [1.807, 2.05) is 32.9 Å². The molecule has 1 saturated heterocycles. The number of nitrogens with one attached hydrogen (secondary N) is 1. The molecule has 0 spiro atoms. The van der Waals surface area contributed by atoms with Crippen molar-refractivity contribution < 1.29 is 9.47 Å². The molecule has 0 aliphatic carbocycles. The Morgan fingerprint density at radius 2 is 2.20 bits per heavy atom. The molecule has 20 heavy (non-hydrogen) atoms. The van der Waals surface area contributed by atoms with E-state index in [1.165, 1.54) is 0 Å². The second-order valence-corrected chi connectivity index (χ2v) is 6.29. The van der Waals surface area contributed by atoms with Crippen LogP contribution in [-0.2, 0) is 4.74 Å². The minimum absolute atomic E-state index is 0.219. The third kappa shape index (κ3) is 4.00. The third-order valence-electron chi connectivity index (χ3n) is 3.19. The van der Waals surface area contributed by atoms with Crippen LogP contribution in [0.25, 0.3) is 0 Å². The van der Waals surface area contributed by atoms with Crippen LogP contribution >= 0.6 is 0 Å². The lowest BCUT2D eigenvalue weighted by Gasteiger charge is -2.23. The monoisotopic (exact) mass is 279 g/mol. The van der Waals surface area contributed by atoms with Crippen LogP contribution in [0.2, 0.25) is 0 Å². The maximum Gasteiger partial charge on any atom is 0.239 e. The van der Waals surface area contributed by atoms with Crippen molar-refractivity contribution in [3.8, 4) is 5.88 Å². The van der Waals surface area contributed by atoms with Gasteiger partial charge in [0.05, 0.1) is 17.8 Å². The van der Waals surface area contributed by atoms with Crippen LogP contribution in [0.3, 0.4) is 0 Å². The molecule has 1 fully saturated rings. The fraction of sp³-hybridized carbons (Fsp3) is 0.667. The molecule has 0 aromatic carbocycles. The highest BCUT2D eigenvalue weighted by molar-refractivity contribution is 5.54. The first-order valence-electron chi connectivity index (χ1n) is 7.19. The minimum atomic E-state index is -0.320. The van der Waals surface area contributed by atoms with Gasteiger partial charge in [0.2, 0.25) is 5.88 Å². The smallest absolute Gasteiger partial charge is 0.239 e. The average molecular weight is 279 g/mol. The molecule has 0 radical (unpaired) electrons. The summed E-state index contributed by atoms with van der Waals surface area (Å²) in [6.45, 7) is 8.89. The van der Waals surface area contributed by atoms with Gasteiger partial charge in [0.15, 0.2) is 0 Å². The van der Waals surface area contributed by atoms with E-state index in [4.69, 9.17) is 15.2 Å². The van der Waals surface area contributed by atoms with E-state index in [2.05, 4.69) is 17.2 Å². The Morgan fingerprint density at radius 1 is 1.45 bits per heavy atom. The molecule has 1 aromatic heterocycles. The normalized spacial score (nSPS) is 20.7. The van der Waals surface area contributed by atoms with Crippen molar-refractivity contribution in [3.05, 3.63) is 12.1 Å². The molecule has 112 valence electrons. The summed E-state index contributed by atoms with van der Waals surface area (Å²) in [6, 6.07) is 3.91. The molecule has 3 N–H and O–H groups in total. The fourth-order valence-electron chi connectivity index (χ4n) is 2.23. The molecule has 0 amide bonds. The summed E-state index contributed by atoms with van der Waals surface area (Å²) in [5.74, 6) is 1.24. The van der Waals surface area contributed by atoms with Crippen LogP contribution in [-0.4, -0.2) is 29.3 Å². The lowest BCUT2D eigenvalue weighted by molar-refractivity contribution is 0.0994. The molecule has 5 heteroatoms. The van der Waals surface area contributed by atoms with Crippen molar-refractivity contribution in [1.82, 2.24) is 4.98 Å². The van der Waals surface area contributed by atoms with Crippen LogP contribution in [0.1, 0.15) is 40.5 Å². The van der Waals surface area contributed by atoms with Crippen LogP contribution < -0.4 is 15.8 Å². The summed E-state index contributed by atoms with van der Waals surface area (Å²) < 4.78 is 11.4. The first-order valence-corrected chi connectivity index (χ1v) is 7.19. The minimum Gasteiger partial charge on any atom is -0.470 e. The largest absolute Gasteiger partial charge is 0.470 e. The molecule has 2 unspecified atom stereocenters. The molecule has 2 heterocycles. The lowest BCUT2D eigenvalue weighted by Crippen LogP contribution is -2.30. The van der Waals surface area contributed by atoms with Gasteiger partial charge in [-0.05, 0) is 52.7 Å². The second kappa shape index (κ2) is 5.87. The fourth-order valence-corrected chi connectivity index (χ4v) is 2.23. The molecule has 0 bridgehead atoms. The zero-order valence-electron chi connectivity index (χ0n) is 12.8. The number of ether oxygens (including phenoxy) is 2. The van der Waals surface area contributed by atoms with E-state index in [9.17, 15) is 0 Å². The number of hydrogen-bond acceptors (Lipinski definition) is 5. The molecule has 1 aliphatic rings. The van der Waals surface area contributed by atoms with Crippen LogP contribution in [0.5, 0.6) is 5.88 Å². The number of nitrogens with zero attached hydrogens (tertiary/aromatic N) is 1. The van der Waals surface area contributed by atoms with Crippen molar-refractivity contribution >= 4 is 11.5 Å². The quantitative estimate of drug-likeness (QED) is 0.887. The van der Waals surface area contributed by atoms with Gasteiger partial charge >= 0.3 is 0 Å². The second-order valence-electron chi connectivity index (χ2n) is 6.29. The molecule has 1 aromatic rings. The number of pyridine rings is 1. The standard InChI is InChI=1S/C15H25N3O2/c1-10(12-6-5-9-19-12)17-13-8-7-11(16)14(18-13)20-15(2,3)4/h7-8,10,12H,5-6,9,16H2,1-4H3,(H,17,18). The number of nitrogens with two attached hydrogens (primary N) is 1. The van der Waals surface area contributed by atoms with Crippen molar-refractivity contribution in [2.75, 3.05) is 17.7 Å². The van der Waals surface area contributed by atoms with Gasteiger partial charge in [-0.3, -0.25) is 0 Å². The first kappa shape index (κ1) is 14.9. The Balaban J connectivity index is 2.06. The van der Waals surface area contributed by atoms with Crippen molar-refractivity contribution in [3.63, 3.8) is 0 Å².